The molecule has 0 radical (unpaired) electrons. The van der Waals surface area contributed by atoms with Crippen LogP contribution in [-0.2, 0) is 27.5 Å². The van der Waals surface area contributed by atoms with Crippen molar-refractivity contribution in [2.45, 2.75) is 26.1 Å². The van der Waals surface area contributed by atoms with Gasteiger partial charge in [-0.15, -0.1) is 0 Å². The summed E-state index contributed by atoms with van der Waals surface area (Å²) >= 11 is 0. The topological polar surface area (TPSA) is 58.6 Å². The molecule has 26 heavy (non-hydrogen) atoms. The highest BCUT2D eigenvalue weighted by Crippen LogP contribution is 2.18. The normalized spacial score (nSPS) is 19.6. The molecule has 5 heteroatoms. The molecule has 2 aromatic carbocycles. The molecule has 2 aromatic rings. The van der Waals surface area contributed by atoms with Crippen LogP contribution in [0, 0.1) is 5.92 Å². The van der Waals surface area contributed by atoms with Crippen molar-refractivity contribution < 1.29 is 14.3 Å². The molecule has 0 unspecified atom stereocenters. The third-order valence-corrected chi connectivity index (χ3v) is 4.59. The van der Waals surface area contributed by atoms with E-state index in [0.717, 1.165) is 11.1 Å². The minimum atomic E-state index is -0.377. The molecule has 5 nitrogen and oxygen atoms in total. The predicted octanol–water partition coefficient (Wildman–Crippen LogP) is 2.37. The monoisotopic (exact) mass is 352 g/mol. The van der Waals surface area contributed by atoms with Gasteiger partial charge in [0.05, 0.1) is 6.04 Å². The number of hydrogen-bond donors (Lipinski definition) is 1. The molecule has 3 rings (SSSR count). The summed E-state index contributed by atoms with van der Waals surface area (Å²) in [7, 11) is 0. The summed E-state index contributed by atoms with van der Waals surface area (Å²) < 4.78 is 5.28. The predicted molar refractivity (Wildman–Crippen MR) is 99.1 cm³/mol. The van der Waals surface area contributed by atoms with E-state index < -0.39 is 0 Å². The standard InChI is InChI=1S/C21H24N2O3/c1-16-13-23(14-19(24)26-15-18-10-6-3-7-11-18)21(25)20(16)22-12-17-8-4-2-5-9-17/h2-11,16,20,22H,12-15H2,1H3/t16-,20+/m0/s1. The minimum Gasteiger partial charge on any atom is -0.459 e. The summed E-state index contributed by atoms with van der Waals surface area (Å²) in [5, 5.41) is 3.32. The SMILES string of the molecule is C[C@H]1CN(CC(=O)OCc2ccccc2)C(=O)[C@@H]1NCc1ccccc1. The number of hydrogen-bond acceptors (Lipinski definition) is 4. The van der Waals surface area contributed by atoms with Crippen molar-refractivity contribution in [2.24, 2.45) is 5.92 Å². The maximum absolute atomic E-state index is 12.6. The summed E-state index contributed by atoms with van der Waals surface area (Å²) in [6.07, 6.45) is 0. The first-order chi connectivity index (χ1) is 12.6. The van der Waals surface area contributed by atoms with Gasteiger partial charge in [0.15, 0.2) is 0 Å². The molecule has 1 N–H and O–H groups in total. The van der Waals surface area contributed by atoms with Crippen LogP contribution in [0.2, 0.25) is 0 Å². The van der Waals surface area contributed by atoms with Crippen LogP contribution in [-0.4, -0.2) is 35.9 Å². The van der Waals surface area contributed by atoms with Crippen molar-refractivity contribution in [3.8, 4) is 0 Å². The third-order valence-electron chi connectivity index (χ3n) is 4.59. The Labute approximate surface area is 154 Å². The Balaban J connectivity index is 1.48. The fraction of sp³-hybridized carbons (Fsp3) is 0.333. The maximum Gasteiger partial charge on any atom is 0.325 e. The van der Waals surface area contributed by atoms with Gasteiger partial charge >= 0.3 is 5.97 Å². The number of esters is 1. The first-order valence-electron chi connectivity index (χ1n) is 8.89. The van der Waals surface area contributed by atoms with Crippen LogP contribution in [0.4, 0.5) is 0 Å². The molecule has 1 amide bonds. The number of carbonyl (C=O) groups excluding carboxylic acids is 2. The Bertz CT molecular complexity index is 733. The van der Waals surface area contributed by atoms with Gasteiger partial charge in [0.1, 0.15) is 13.2 Å². The van der Waals surface area contributed by atoms with Crippen LogP contribution >= 0.6 is 0 Å². The van der Waals surface area contributed by atoms with E-state index in [0.29, 0.717) is 13.1 Å². The zero-order valence-electron chi connectivity index (χ0n) is 14.9. The number of benzene rings is 2. The van der Waals surface area contributed by atoms with E-state index in [1.54, 1.807) is 4.90 Å². The summed E-state index contributed by atoms with van der Waals surface area (Å²) in [6, 6.07) is 19.2. The van der Waals surface area contributed by atoms with Gasteiger partial charge in [0.2, 0.25) is 5.91 Å². The number of ether oxygens (including phenoxy) is 1. The molecular weight excluding hydrogens is 328 g/mol. The average Bonchev–Trinajstić information content (AvgIpc) is 2.93. The highest BCUT2D eigenvalue weighted by Gasteiger charge is 2.38. The highest BCUT2D eigenvalue weighted by molar-refractivity contribution is 5.88. The number of likely N-dealkylation sites (tertiary alicyclic amines) is 1. The number of amides is 1. The molecule has 0 saturated carbocycles. The van der Waals surface area contributed by atoms with E-state index in [-0.39, 0.29) is 37.0 Å². The van der Waals surface area contributed by atoms with Gasteiger partial charge in [0.25, 0.3) is 0 Å². The van der Waals surface area contributed by atoms with Gasteiger partial charge in [0, 0.05) is 13.1 Å². The molecule has 136 valence electrons. The fourth-order valence-electron chi connectivity index (χ4n) is 3.18. The van der Waals surface area contributed by atoms with Crippen molar-refractivity contribution in [3.63, 3.8) is 0 Å². The smallest absolute Gasteiger partial charge is 0.325 e. The molecule has 2 atom stereocenters. The summed E-state index contributed by atoms with van der Waals surface area (Å²) in [6.45, 7) is 3.45. The van der Waals surface area contributed by atoms with Crippen molar-refractivity contribution >= 4 is 11.9 Å². The zero-order valence-corrected chi connectivity index (χ0v) is 14.9. The van der Waals surface area contributed by atoms with E-state index in [9.17, 15) is 9.59 Å². The van der Waals surface area contributed by atoms with Crippen molar-refractivity contribution in [1.82, 2.24) is 10.2 Å². The number of carbonyl (C=O) groups is 2. The lowest BCUT2D eigenvalue weighted by atomic mass is 10.1. The summed E-state index contributed by atoms with van der Waals surface area (Å²) in [5.74, 6) is -0.267. The summed E-state index contributed by atoms with van der Waals surface area (Å²) in [4.78, 5) is 26.3. The largest absolute Gasteiger partial charge is 0.459 e. The molecule has 0 spiro atoms. The van der Waals surface area contributed by atoms with Crippen LogP contribution in [0.5, 0.6) is 0 Å². The molecule has 0 bridgehead atoms. The quantitative estimate of drug-likeness (QED) is 0.777. The zero-order chi connectivity index (χ0) is 18.4. The average molecular weight is 352 g/mol. The maximum atomic E-state index is 12.6. The van der Waals surface area contributed by atoms with Crippen LogP contribution in [0.25, 0.3) is 0 Å². The third kappa shape index (κ3) is 4.70. The summed E-state index contributed by atoms with van der Waals surface area (Å²) in [5.41, 5.74) is 2.07. The molecule has 1 aliphatic rings. The molecule has 0 aliphatic carbocycles. The lowest BCUT2D eigenvalue weighted by Gasteiger charge is -2.16. The first-order valence-corrected chi connectivity index (χ1v) is 8.89. The molecular formula is C21H24N2O3. The van der Waals surface area contributed by atoms with Gasteiger partial charge in [-0.25, -0.2) is 0 Å². The Morgan fingerprint density at radius 1 is 1.08 bits per heavy atom. The Kier molecular flexibility index (Phi) is 6.02. The molecule has 1 fully saturated rings. The highest BCUT2D eigenvalue weighted by atomic mass is 16.5. The van der Waals surface area contributed by atoms with Crippen LogP contribution in [0.3, 0.4) is 0 Å². The van der Waals surface area contributed by atoms with E-state index in [1.165, 1.54) is 0 Å². The lowest BCUT2D eigenvalue weighted by molar-refractivity contribution is -0.149. The van der Waals surface area contributed by atoms with Crippen LogP contribution < -0.4 is 5.32 Å². The van der Waals surface area contributed by atoms with Gasteiger partial charge in [-0.2, -0.15) is 0 Å². The Hall–Kier alpha value is -2.66. The van der Waals surface area contributed by atoms with Crippen molar-refractivity contribution in [3.05, 3.63) is 71.8 Å². The second-order valence-electron chi connectivity index (χ2n) is 6.69. The number of rotatable bonds is 7. The van der Waals surface area contributed by atoms with Crippen LogP contribution in [0.15, 0.2) is 60.7 Å². The fourth-order valence-corrected chi connectivity index (χ4v) is 3.18. The molecule has 1 saturated heterocycles. The number of nitrogens with zero attached hydrogens (tertiary/aromatic N) is 1. The first kappa shape index (κ1) is 18.1. The van der Waals surface area contributed by atoms with E-state index in [4.69, 9.17) is 4.74 Å². The minimum absolute atomic E-state index is 0.000472. The van der Waals surface area contributed by atoms with E-state index in [2.05, 4.69) is 5.32 Å². The Morgan fingerprint density at radius 3 is 2.35 bits per heavy atom. The van der Waals surface area contributed by atoms with E-state index >= 15 is 0 Å². The second kappa shape index (κ2) is 8.63. The van der Waals surface area contributed by atoms with Gasteiger partial charge in [-0.05, 0) is 17.0 Å². The van der Waals surface area contributed by atoms with Gasteiger partial charge in [-0.1, -0.05) is 67.6 Å². The second-order valence-corrected chi connectivity index (χ2v) is 6.69. The van der Waals surface area contributed by atoms with Crippen LogP contribution in [0.1, 0.15) is 18.1 Å². The van der Waals surface area contributed by atoms with Crippen molar-refractivity contribution in [1.29, 1.82) is 0 Å². The Morgan fingerprint density at radius 2 is 1.69 bits per heavy atom. The van der Waals surface area contributed by atoms with Crippen molar-refractivity contribution in [2.75, 3.05) is 13.1 Å². The molecule has 1 heterocycles. The van der Waals surface area contributed by atoms with Gasteiger partial charge < -0.3 is 15.0 Å². The van der Waals surface area contributed by atoms with E-state index in [1.807, 2.05) is 67.6 Å². The lowest BCUT2D eigenvalue weighted by Crippen LogP contribution is -2.41. The van der Waals surface area contributed by atoms with Gasteiger partial charge in [-0.3, -0.25) is 9.59 Å². The molecule has 0 aromatic heterocycles. The number of nitrogens with one attached hydrogen (secondary N) is 1. The molecule has 1 aliphatic heterocycles.